The monoisotopic (exact) mass is 270 g/mol. The average Bonchev–Trinajstić information content (AvgIpc) is 2.45. The standard InChI is InChI=1S/C17H19FN2/c1-4-15-7-5-6-8-16(15)9-10-20-13(2)11-17(12-19)14(3)18/h5-8,11H,3-4,9-10H2,1-2H3/b17-11-,20-13?. The Bertz CT molecular complexity index is 577. The normalized spacial score (nSPS) is 12.1. The Labute approximate surface area is 120 Å². The fraction of sp³-hybridized carbons (Fsp3) is 0.294. The zero-order valence-corrected chi connectivity index (χ0v) is 12.0. The second-order valence-corrected chi connectivity index (χ2v) is 4.47. The van der Waals surface area contributed by atoms with E-state index < -0.39 is 5.83 Å². The van der Waals surface area contributed by atoms with Gasteiger partial charge in [0.15, 0.2) is 0 Å². The van der Waals surface area contributed by atoms with Crippen molar-refractivity contribution < 1.29 is 4.39 Å². The minimum Gasteiger partial charge on any atom is -0.290 e. The van der Waals surface area contributed by atoms with Crippen LogP contribution in [0.25, 0.3) is 0 Å². The Hall–Kier alpha value is -2.21. The van der Waals surface area contributed by atoms with Gasteiger partial charge in [-0.25, -0.2) is 4.39 Å². The Morgan fingerprint density at radius 2 is 2.05 bits per heavy atom. The summed E-state index contributed by atoms with van der Waals surface area (Å²) in [5.74, 6) is -0.724. The molecule has 0 radical (unpaired) electrons. The van der Waals surface area contributed by atoms with E-state index in [1.807, 2.05) is 12.1 Å². The number of nitrogens with zero attached hydrogens (tertiary/aromatic N) is 2. The molecule has 0 bridgehead atoms. The molecule has 2 nitrogen and oxygen atoms in total. The van der Waals surface area contributed by atoms with E-state index in [0.717, 1.165) is 12.8 Å². The van der Waals surface area contributed by atoms with Crippen molar-refractivity contribution in [1.82, 2.24) is 0 Å². The highest BCUT2D eigenvalue weighted by Crippen LogP contribution is 2.11. The molecule has 0 saturated heterocycles. The van der Waals surface area contributed by atoms with Crippen LogP contribution >= 0.6 is 0 Å². The first kappa shape index (κ1) is 15.8. The number of hydrogen-bond acceptors (Lipinski definition) is 2. The zero-order valence-electron chi connectivity index (χ0n) is 12.0. The number of nitriles is 1. The second-order valence-electron chi connectivity index (χ2n) is 4.47. The van der Waals surface area contributed by atoms with Gasteiger partial charge in [-0.15, -0.1) is 0 Å². The third-order valence-corrected chi connectivity index (χ3v) is 3.01. The number of rotatable bonds is 6. The summed E-state index contributed by atoms with van der Waals surface area (Å²) in [6.45, 7) is 7.62. The fourth-order valence-electron chi connectivity index (χ4n) is 1.92. The van der Waals surface area contributed by atoms with E-state index >= 15 is 0 Å². The van der Waals surface area contributed by atoms with E-state index in [0.29, 0.717) is 12.3 Å². The fourth-order valence-corrected chi connectivity index (χ4v) is 1.92. The summed E-state index contributed by atoms with van der Waals surface area (Å²) < 4.78 is 12.9. The predicted molar refractivity (Wildman–Crippen MR) is 81.4 cm³/mol. The van der Waals surface area contributed by atoms with Crippen LogP contribution in [0.1, 0.15) is 25.0 Å². The minimum absolute atomic E-state index is 0.0693. The van der Waals surface area contributed by atoms with Crippen LogP contribution in [0.3, 0.4) is 0 Å². The molecular formula is C17H19FN2. The van der Waals surface area contributed by atoms with E-state index in [1.54, 1.807) is 13.0 Å². The molecule has 1 aromatic rings. The molecule has 0 aliphatic rings. The lowest BCUT2D eigenvalue weighted by Gasteiger charge is -2.05. The van der Waals surface area contributed by atoms with Crippen molar-refractivity contribution in [3.63, 3.8) is 0 Å². The molecule has 0 fully saturated rings. The Morgan fingerprint density at radius 1 is 1.40 bits per heavy atom. The molecule has 104 valence electrons. The highest BCUT2D eigenvalue weighted by Gasteiger charge is 2.01. The number of aliphatic imine (C=N–C) groups is 1. The number of aryl methyl sites for hydroxylation is 1. The van der Waals surface area contributed by atoms with Crippen molar-refractivity contribution in [3.05, 3.63) is 59.4 Å². The molecule has 0 aromatic heterocycles. The van der Waals surface area contributed by atoms with Gasteiger partial charge in [-0.1, -0.05) is 37.8 Å². The molecule has 0 saturated carbocycles. The number of halogens is 1. The van der Waals surface area contributed by atoms with Crippen molar-refractivity contribution in [2.45, 2.75) is 26.7 Å². The lowest BCUT2D eigenvalue weighted by Crippen LogP contribution is -1.98. The van der Waals surface area contributed by atoms with Crippen LogP contribution in [0.5, 0.6) is 0 Å². The van der Waals surface area contributed by atoms with E-state index in [2.05, 4.69) is 30.6 Å². The Balaban J connectivity index is 2.69. The second kappa shape index (κ2) is 8.06. The maximum atomic E-state index is 12.9. The largest absolute Gasteiger partial charge is 0.290 e. The minimum atomic E-state index is -0.724. The SMILES string of the molecule is C=C(F)/C(C#N)=C\C(C)=NCCc1ccccc1CC. The van der Waals surface area contributed by atoms with Gasteiger partial charge in [-0.2, -0.15) is 5.26 Å². The van der Waals surface area contributed by atoms with E-state index in [1.165, 1.54) is 17.2 Å². The number of hydrogen-bond donors (Lipinski definition) is 0. The summed E-state index contributed by atoms with van der Waals surface area (Å²) in [5, 5.41) is 8.74. The highest BCUT2D eigenvalue weighted by molar-refractivity contribution is 5.94. The summed E-state index contributed by atoms with van der Waals surface area (Å²) >= 11 is 0. The first-order valence-electron chi connectivity index (χ1n) is 6.62. The summed E-state index contributed by atoms with van der Waals surface area (Å²) in [6, 6.07) is 10.0. The van der Waals surface area contributed by atoms with Gasteiger partial charge >= 0.3 is 0 Å². The van der Waals surface area contributed by atoms with Crippen molar-refractivity contribution >= 4 is 5.71 Å². The lowest BCUT2D eigenvalue weighted by molar-refractivity contribution is 0.663. The molecule has 20 heavy (non-hydrogen) atoms. The maximum absolute atomic E-state index is 12.9. The Kier molecular flexibility index (Phi) is 6.39. The molecule has 0 aliphatic carbocycles. The van der Waals surface area contributed by atoms with Gasteiger partial charge in [0.05, 0.1) is 5.57 Å². The number of allylic oxidation sites excluding steroid dienone is 3. The molecule has 0 atom stereocenters. The summed E-state index contributed by atoms with van der Waals surface area (Å²) in [6.07, 6.45) is 3.26. The van der Waals surface area contributed by atoms with Crippen LogP contribution in [0.15, 0.2) is 53.3 Å². The van der Waals surface area contributed by atoms with Crippen LogP contribution in [-0.2, 0) is 12.8 Å². The van der Waals surface area contributed by atoms with E-state index in [-0.39, 0.29) is 5.57 Å². The quantitative estimate of drug-likeness (QED) is 0.434. The summed E-state index contributed by atoms with van der Waals surface area (Å²) in [5.41, 5.74) is 3.17. The van der Waals surface area contributed by atoms with Gasteiger partial charge in [-0.05, 0) is 37.0 Å². The average molecular weight is 270 g/mol. The molecule has 1 rings (SSSR count). The van der Waals surface area contributed by atoms with Crippen LogP contribution in [-0.4, -0.2) is 12.3 Å². The Morgan fingerprint density at radius 3 is 2.60 bits per heavy atom. The lowest BCUT2D eigenvalue weighted by atomic mass is 10.0. The van der Waals surface area contributed by atoms with Crippen LogP contribution in [0.2, 0.25) is 0 Å². The first-order valence-corrected chi connectivity index (χ1v) is 6.62. The zero-order chi connectivity index (χ0) is 15.0. The molecule has 0 aliphatic heterocycles. The maximum Gasteiger partial charge on any atom is 0.133 e. The molecule has 0 unspecified atom stereocenters. The van der Waals surface area contributed by atoms with E-state index in [9.17, 15) is 4.39 Å². The first-order chi connectivity index (χ1) is 9.58. The van der Waals surface area contributed by atoms with Gasteiger partial charge in [-0.3, -0.25) is 4.99 Å². The third kappa shape index (κ3) is 4.81. The van der Waals surface area contributed by atoms with Crippen molar-refractivity contribution in [3.8, 4) is 6.07 Å². The third-order valence-electron chi connectivity index (χ3n) is 3.01. The highest BCUT2D eigenvalue weighted by atomic mass is 19.1. The van der Waals surface area contributed by atoms with Crippen LogP contribution in [0.4, 0.5) is 4.39 Å². The molecule has 1 aromatic carbocycles. The van der Waals surface area contributed by atoms with E-state index in [4.69, 9.17) is 5.26 Å². The van der Waals surface area contributed by atoms with Gasteiger partial charge in [0, 0.05) is 12.3 Å². The van der Waals surface area contributed by atoms with Gasteiger partial charge < -0.3 is 0 Å². The van der Waals surface area contributed by atoms with Crippen molar-refractivity contribution in [2.24, 2.45) is 4.99 Å². The summed E-state index contributed by atoms with van der Waals surface area (Å²) in [7, 11) is 0. The molecule has 0 amide bonds. The molecule has 0 heterocycles. The molecule has 3 heteroatoms. The molecular weight excluding hydrogens is 251 g/mol. The molecule has 0 N–H and O–H groups in total. The predicted octanol–water partition coefficient (Wildman–Crippen LogP) is 4.19. The summed E-state index contributed by atoms with van der Waals surface area (Å²) in [4.78, 5) is 4.35. The van der Waals surface area contributed by atoms with Crippen LogP contribution in [0, 0.1) is 11.3 Å². The van der Waals surface area contributed by atoms with Gasteiger partial charge in [0.1, 0.15) is 11.9 Å². The van der Waals surface area contributed by atoms with Crippen LogP contribution < -0.4 is 0 Å². The van der Waals surface area contributed by atoms with Crippen molar-refractivity contribution in [2.75, 3.05) is 6.54 Å². The van der Waals surface area contributed by atoms with Gasteiger partial charge in [0.2, 0.25) is 0 Å². The molecule has 0 spiro atoms. The van der Waals surface area contributed by atoms with Crippen molar-refractivity contribution in [1.29, 1.82) is 5.26 Å². The number of benzene rings is 1. The smallest absolute Gasteiger partial charge is 0.133 e. The topological polar surface area (TPSA) is 36.1 Å². The van der Waals surface area contributed by atoms with Gasteiger partial charge in [0.25, 0.3) is 0 Å².